The van der Waals surface area contributed by atoms with Crippen molar-refractivity contribution in [1.82, 2.24) is 5.32 Å². The maximum atomic E-state index is 11.3. The van der Waals surface area contributed by atoms with E-state index in [1.54, 1.807) is 0 Å². The summed E-state index contributed by atoms with van der Waals surface area (Å²) < 4.78 is 0.983. The van der Waals surface area contributed by atoms with Gasteiger partial charge in [-0.3, -0.25) is 4.79 Å². The van der Waals surface area contributed by atoms with Gasteiger partial charge in [-0.05, 0) is 41.9 Å². The second-order valence-corrected chi connectivity index (χ2v) is 5.19. The topological polar surface area (TPSA) is 29.1 Å². The van der Waals surface area contributed by atoms with Gasteiger partial charge in [0.2, 0.25) is 0 Å². The van der Waals surface area contributed by atoms with Crippen molar-refractivity contribution in [2.45, 2.75) is 19.9 Å². The number of hydrogen-bond donors (Lipinski definition) is 1. The Labute approximate surface area is 84.1 Å². The highest BCUT2D eigenvalue weighted by Gasteiger charge is 2.08. The molecule has 12 heavy (non-hydrogen) atoms. The van der Waals surface area contributed by atoms with Gasteiger partial charge >= 0.3 is 0 Å². The number of carbonyl (C=O) groups is 1. The number of thiophene rings is 1. The van der Waals surface area contributed by atoms with E-state index in [0.717, 1.165) is 8.66 Å². The van der Waals surface area contributed by atoms with Crippen LogP contribution in [0.5, 0.6) is 0 Å². The second-order valence-electron chi connectivity index (χ2n) is 2.73. The molecule has 1 heterocycles. The van der Waals surface area contributed by atoms with Crippen molar-refractivity contribution in [1.29, 1.82) is 0 Å². The van der Waals surface area contributed by atoms with E-state index in [4.69, 9.17) is 0 Å². The van der Waals surface area contributed by atoms with Crippen LogP contribution in [0.4, 0.5) is 0 Å². The maximum absolute atomic E-state index is 11.3. The Morgan fingerprint density at radius 3 is 2.67 bits per heavy atom. The largest absolute Gasteiger partial charge is 0.349 e. The number of carbonyl (C=O) groups excluding carboxylic acids is 1. The van der Waals surface area contributed by atoms with Crippen molar-refractivity contribution < 1.29 is 4.79 Å². The molecule has 66 valence electrons. The minimum absolute atomic E-state index is 0.000648. The molecule has 0 unspecified atom stereocenters. The minimum atomic E-state index is 0.000648. The van der Waals surface area contributed by atoms with Gasteiger partial charge in [0.15, 0.2) is 0 Å². The lowest BCUT2D eigenvalue weighted by molar-refractivity contribution is 0.0947. The summed E-state index contributed by atoms with van der Waals surface area (Å²) >= 11 is 4.75. The molecule has 0 fully saturated rings. The summed E-state index contributed by atoms with van der Waals surface area (Å²) in [5.41, 5.74) is 0. The quantitative estimate of drug-likeness (QED) is 0.856. The molecule has 4 heteroatoms. The number of halogens is 1. The van der Waals surface area contributed by atoms with Gasteiger partial charge in [-0.15, -0.1) is 11.3 Å². The van der Waals surface area contributed by atoms with Crippen LogP contribution < -0.4 is 5.32 Å². The minimum Gasteiger partial charge on any atom is -0.349 e. The lowest BCUT2D eigenvalue weighted by atomic mass is 10.3. The molecule has 1 amide bonds. The van der Waals surface area contributed by atoms with Crippen LogP contribution in [0.1, 0.15) is 23.5 Å². The fraction of sp³-hybridized carbons (Fsp3) is 0.375. The summed E-state index contributed by atoms with van der Waals surface area (Å²) in [6.07, 6.45) is 0. The van der Waals surface area contributed by atoms with Crippen LogP contribution in [0, 0.1) is 0 Å². The molecule has 0 aromatic carbocycles. The molecule has 1 N–H and O–H groups in total. The molecule has 0 bridgehead atoms. The standard InChI is InChI=1S/C8H10BrNOS/c1-5(2)10-8(11)6-3-4-7(9)12-6/h3-5H,1-2H3,(H,10,11). The van der Waals surface area contributed by atoms with E-state index in [1.807, 2.05) is 26.0 Å². The summed E-state index contributed by atoms with van der Waals surface area (Å²) in [5, 5.41) is 2.82. The van der Waals surface area contributed by atoms with Gasteiger partial charge in [0.25, 0.3) is 5.91 Å². The van der Waals surface area contributed by atoms with Crippen LogP contribution in [-0.2, 0) is 0 Å². The van der Waals surface area contributed by atoms with E-state index >= 15 is 0 Å². The van der Waals surface area contributed by atoms with Crippen LogP contribution in [0.25, 0.3) is 0 Å². The third kappa shape index (κ3) is 2.60. The highest BCUT2D eigenvalue weighted by atomic mass is 79.9. The molecule has 0 aliphatic rings. The van der Waals surface area contributed by atoms with Crippen molar-refractivity contribution in [3.05, 3.63) is 20.8 Å². The van der Waals surface area contributed by atoms with Gasteiger partial charge in [-0.1, -0.05) is 0 Å². The fourth-order valence-corrected chi connectivity index (χ4v) is 2.06. The van der Waals surface area contributed by atoms with Gasteiger partial charge in [0, 0.05) is 6.04 Å². The first-order chi connectivity index (χ1) is 5.59. The molecule has 0 radical (unpaired) electrons. The molecule has 0 atom stereocenters. The van der Waals surface area contributed by atoms with Gasteiger partial charge in [0.05, 0.1) is 8.66 Å². The molecule has 0 spiro atoms. The molecule has 0 aliphatic carbocycles. The zero-order chi connectivity index (χ0) is 9.14. The lowest BCUT2D eigenvalue weighted by Crippen LogP contribution is -2.29. The average molecular weight is 248 g/mol. The molecular weight excluding hydrogens is 238 g/mol. The predicted octanol–water partition coefficient (Wildman–Crippen LogP) is 2.65. The molecule has 2 nitrogen and oxygen atoms in total. The van der Waals surface area contributed by atoms with E-state index in [0.29, 0.717) is 0 Å². The van der Waals surface area contributed by atoms with Crippen LogP contribution in [0.2, 0.25) is 0 Å². The van der Waals surface area contributed by atoms with Crippen LogP contribution in [-0.4, -0.2) is 11.9 Å². The van der Waals surface area contributed by atoms with Crippen LogP contribution in [0.3, 0.4) is 0 Å². The van der Waals surface area contributed by atoms with Crippen molar-refractivity contribution in [3.63, 3.8) is 0 Å². The highest BCUT2D eigenvalue weighted by molar-refractivity contribution is 9.11. The van der Waals surface area contributed by atoms with Gasteiger partial charge in [-0.25, -0.2) is 0 Å². The Bertz CT molecular complexity index is 282. The van der Waals surface area contributed by atoms with E-state index in [1.165, 1.54) is 11.3 Å². The average Bonchev–Trinajstić information content (AvgIpc) is 2.34. The lowest BCUT2D eigenvalue weighted by Gasteiger charge is -2.05. The Morgan fingerprint density at radius 2 is 2.25 bits per heavy atom. The zero-order valence-electron chi connectivity index (χ0n) is 6.93. The number of nitrogens with one attached hydrogen (secondary N) is 1. The summed E-state index contributed by atoms with van der Waals surface area (Å²) in [4.78, 5) is 12.1. The molecule has 0 saturated heterocycles. The summed E-state index contributed by atoms with van der Waals surface area (Å²) in [5.74, 6) is 0.000648. The third-order valence-corrected chi connectivity index (χ3v) is 2.84. The number of rotatable bonds is 2. The molecule has 0 saturated carbocycles. The van der Waals surface area contributed by atoms with Crippen molar-refractivity contribution in [2.24, 2.45) is 0 Å². The van der Waals surface area contributed by atoms with E-state index in [9.17, 15) is 4.79 Å². The van der Waals surface area contributed by atoms with Gasteiger partial charge in [-0.2, -0.15) is 0 Å². The number of amides is 1. The van der Waals surface area contributed by atoms with Crippen molar-refractivity contribution in [2.75, 3.05) is 0 Å². The van der Waals surface area contributed by atoms with Crippen LogP contribution in [0.15, 0.2) is 15.9 Å². The first kappa shape index (κ1) is 9.74. The van der Waals surface area contributed by atoms with E-state index in [-0.39, 0.29) is 11.9 Å². The first-order valence-electron chi connectivity index (χ1n) is 3.66. The van der Waals surface area contributed by atoms with Gasteiger partial charge in [0.1, 0.15) is 0 Å². The molecular formula is C8H10BrNOS. The van der Waals surface area contributed by atoms with E-state index < -0.39 is 0 Å². The molecule has 0 aliphatic heterocycles. The van der Waals surface area contributed by atoms with E-state index in [2.05, 4.69) is 21.2 Å². The Kier molecular flexibility index (Phi) is 3.29. The predicted molar refractivity (Wildman–Crippen MR) is 54.6 cm³/mol. The molecule has 1 rings (SSSR count). The second kappa shape index (κ2) is 4.05. The summed E-state index contributed by atoms with van der Waals surface area (Å²) in [6, 6.07) is 3.88. The third-order valence-electron chi connectivity index (χ3n) is 1.22. The van der Waals surface area contributed by atoms with Crippen LogP contribution >= 0.6 is 27.3 Å². The Morgan fingerprint density at radius 1 is 1.58 bits per heavy atom. The Balaban J connectivity index is 2.65. The maximum Gasteiger partial charge on any atom is 0.261 e. The smallest absolute Gasteiger partial charge is 0.261 e. The van der Waals surface area contributed by atoms with Crippen molar-refractivity contribution in [3.8, 4) is 0 Å². The normalized spacial score (nSPS) is 10.3. The number of hydrogen-bond acceptors (Lipinski definition) is 2. The SMILES string of the molecule is CC(C)NC(=O)c1ccc(Br)s1. The van der Waals surface area contributed by atoms with Crippen molar-refractivity contribution >= 4 is 33.2 Å². The molecule has 1 aromatic heterocycles. The molecule has 1 aromatic rings. The monoisotopic (exact) mass is 247 g/mol. The summed E-state index contributed by atoms with van der Waals surface area (Å²) in [7, 11) is 0. The first-order valence-corrected chi connectivity index (χ1v) is 5.26. The summed E-state index contributed by atoms with van der Waals surface area (Å²) in [6.45, 7) is 3.89. The Hall–Kier alpha value is -0.350. The highest BCUT2D eigenvalue weighted by Crippen LogP contribution is 2.21. The van der Waals surface area contributed by atoms with Gasteiger partial charge < -0.3 is 5.32 Å². The fourth-order valence-electron chi connectivity index (χ4n) is 0.770. The zero-order valence-corrected chi connectivity index (χ0v) is 9.33.